The van der Waals surface area contributed by atoms with Gasteiger partial charge in [0.1, 0.15) is 0 Å². The van der Waals surface area contributed by atoms with Crippen LogP contribution >= 0.6 is 11.6 Å². The Hall–Kier alpha value is -1.21. The molecule has 0 N–H and O–H groups in total. The second kappa shape index (κ2) is 4.14. The molecule has 6 nitrogen and oxygen atoms in total. The molecule has 8 heteroatoms. The monoisotopic (exact) mass is 300 g/mol. The van der Waals surface area contributed by atoms with Crippen molar-refractivity contribution in [2.24, 2.45) is 0 Å². The third-order valence-electron chi connectivity index (χ3n) is 3.66. The Balaban J connectivity index is 2.17. The van der Waals surface area contributed by atoms with Crippen molar-refractivity contribution in [1.29, 1.82) is 0 Å². The molecule has 0 bridgehead atoms. The lowest BCUT2D eigenvalue weighted by molar-refractivity contribution is 0.600. The molecule has 1 saturated heterocycles. The molecule has 0 radical (unpaired) electrons. The van der Waals surface area contributed by atoms with Crippen molar-refractivity contribution in [2.75, 3.05) is 11.5 Å². The first-order valence-corrected chi connectivity index (χ1v) is 8.17. The Labute approximate surface area is 115 Å². The van der Waals surface area contributed by atoms with Crippen molar-refractivity contribution in [3.05, 3.63) is 22.1 Å². The van der Waals surface area contributed by atoms with Crippen LogP contribution in [0.5, 0.6) is 0 Å². The molecule has 1 unspecified atom stereocenters. The van der Waals surface area contributed by atoms with Crippen molar-refractivity contribution in [3.63, 3.8) is 0 Å². The Kier molecular flexibility index (Phi) is 2.79. The zero-order valence-corrected chi connectivity index (χ0v) is 12.2. The predicted molar refractivity (Wildman–Crippen MR) is 71.3 cm³/mol. The van der Waals surface area contributed by atoms with Gasteiger partial charge in [0, 0.05) is 11.5 Å². The summed E-state index contributed by atoms with van der Waals surface area (Å²) in [5.74, 6) is 0.747. The predicted octanol–water partition coefficient (Wildman–Crippen LogP) is 1.30. The van der Waals surface area contributed by atoms with Crippen LogP contribution in [0.3, 0.4) is 0 Å². The second-order valence-electron chi connectivity index (χ2n) is 4.93. The first kappa shape index (κ1) is 12.8. The van der Waals surface area contributed by atoms with Crippen LogP contribution in [0.1, 0.15) is 29.3 Å². The summed E-state index contributed by atoms with van der Waals surface area (Å²) in [4.78, 5) is 0. The highest BCUT2D eigenvalue weighted by molar-refractivity contribution is 7.91. The largest absolute Gasteiger partial charge is 0.229 e. The summed E-state index contributed by atoms with van der Waals surface area (Å²) in [6.07, 6.45) is 0.565. The number of aryl methyl sites for hydroxylation is 1. The maximum atomic E-state index is 11.6. The number of hydrogen-bond acceptors (Lipinski definition) is 5. The van der Waals surface area contributed by atoms with Crippen molar-refractivity contribution in [3.8, 4) is 0 Å². The molecule has 3 rings (SSSR count). The van der Waals surface area contributed by atoms with E-state index in [4.69, 9.17) is 11.6 Å². The molecule has 0 aromatic carbocycles. The van der Waals surface area contributed by atoms with Crippen molar-refractivity contribution in [2.45, 2.75) is 26.2 Å². The maximum absolute atomic E-state index is 11.6. The topological polar surface area (TPSA) is 77.2 Å². The fourth-order valence-corrected chi connectivity index (χ4v) is 4.32. The van der Waals surface area contributed by atoms with Gasteiger partial charge in [-0.25, -0.2) is 8.42 Å². The molecule has 0 spiro atoms. The maximum Gasteiger partial charge on any atom is 0.181 e. The molecular formula is C11H13ClN4O2S. The van der Waals surface area contributed by atoms with E-state index in [9.17, 15) is 8.42 Å². The first-order valence-electron chi connectivity index (χ1n) is 5.97. The summed E-state index contributed by atoms with van der Waals surface area (Å²) >= 11 is 6.08. The molecular weight excluding hydrogens is 288 g/mol. The number of rotatable bonds is 1. The summed E-state index contributed by atoms with van der Waals surface area (Å²) in [6.45, 7) is 3.78. The van der Waals surface area contributed by atoms with Crippen molar-refractivity contribution in [1.82, 2.24) is 19.8 Å². The van der Waals surface area contributed by atoms with E-state index in [2.05, 4.69) is 15.3 Å². The second-order valence-corrected chi connectivity index (χ2v) is 7.52. The zero-order valence-electron chi connectivity index (χ0n) is 10.6. The number of aromatic nitrogens is 4. The van der Waals surface area contributed by atoms with Gasteiger partial charge < -0.3 is 0 Å². The van der Waals surface area contributed by atoms with E-state index in [0.29, 0.717) is 23.0 Å². The summed E-state index contributed by atoms with van der Waals surface area (Å²) in [7, 11) is -2.96. The van der Waals surface area contributed by atoms with E-state index in [-0.39, 0.29) is 17.4 Å². The third kappa shape index (κ3) is 2.01. The van der Waals surface area contributed by atoms with Gasteiger partial charge in [0.25, 0.3) is 0 Å². The van der Waals surface area contributed by atoms with Crippen LogP contribution in [0.4, 0.5) is 0 Å². The zero-order chi connectivity index (χ0) is 13.8. The fourth-order valence-electron chi connectivity index (χ4n) is 2.36. The summed E-state index contributed by atoms with van der Waals surface area (Å²) in [5.41, 5.74) is 2.42. The summed E-state index contributed by atoms with van der Waals surface area (Å²) < 4.78 is 24.7. The Morgan fingerprint density at radius 1 is 1.26 bits per heavy atom. The molecule has 102 valence electrons. The lowest BCUT2D eigenvalue weighted by atomic mass is 10.1. The van der Waals surface area contributed by atoms with E-state index < -0.39 is 9.84 Å². The van der Waals surface area contributed by atoms with Gasteiger partial charge in [-0.15, -0.1) is 10.2 Å². The van der Waals surface area contributed by atoms with Crippen molar-refractivity contribution < 1.29 is 8.42 Å². The minimum absolute atomic E-state index is 0.111. The number of hydrogen-bond donors (Lipinski definition) is 0. The van der Waals surface area contributed by atoms with E-state index in [1.807, 2.05) is 13.8 Å². The highest BCUT2D eigenvalue weighted by Gasteiger charge is 2.33. The van der Waals surface area contributed by atoms with Gasteiger partial charge >= 0.3 is 0 Å². The average molecular weight is 301 g/mol. The Bertz CT molecular complexity index is 769. The van der Waals surface area contributed by atoms with Gasteiger partial charge in [0.2, 0.25) is 0 Å². The van der Waals surface area contributed by atoms with Crippen LogP contribution in [-0.2, 0) is 9.84 Å². The van der Waals surface area contributed by atoms with Crippen LogP contribution in [0.2, 0.25) is 5.15 Å². The lowest BCUT2D eigenvalue weighted by Gasteiger charge is -2.07. The molecule has 0 amide bonds. The number of nitrogens with zero attached hydrogens (tertiary/aromatic N) is 4. The summed E-state index contributed by atoms with van der Waals surface area (Å²) in [5, 5.41) is 12.9. The minimum Gasteiger partial charge on any atom is -0.229 e. The first-order chi connectivity index (χ1) is 8.89. The highest BCUT2D eigenvalue weighted by Crippen LogP contribution is 2.29. The molecule has 1 fully saturated rings. The van der Waals surface area contributed by atoms with Gasteiger partial charge in [-0.1, -0.05) is 11.6 Å². The van der Waals surface area contributed by atoms with Gasteiger partial charge in [-0.3, -0.25) is 0 Å². The average Bonchev–Trinajstić information content (AvgIpc) is 2.89. The summed E-state index contributed by atoms with van der Waals surface area (Å²) in [6, 6.07) is 0. The van der Waals surface area contributed by atoms with E-state index in [0.717, 1.165) is 11.1 Å². The van der Waals surface area contributed by atoms with Gasteiger partial charge in [-0.2, -0.15) is 9.61 Å². The number of sulfone groups is 1. The molecule has 1 atom stereocenters. The normalized spacial score (nSPS) is 22.2. The van der Waals surface area contributed by atoms with E-state index in [1.54, 1.807) is 4.52 Å². The van der Waals surface area contributed by atoms with E-state index >= 15 is 0 Å². The quantitative estimate of drug-likeness (QED) is 0.793. The van der Waals surface area contributed by atoms with Crippen LogP contribution in [-0.4, -0.2) is 39.7 Å². The number of fused-ring (bicyclic) bond motifs is 1. The molecule has 2 aromatic rings. The molecule has 1 aliphatic heterocycles. The third-order valence-corrected chi connectivity index (χ3v) is 5.78. The lowest BCUT2D eigenvalue weighted by Crippen LogP contribution is -2.09. The van der Waals surface area contributed by atoms with Crippen LogP contribution in [0.15, 0.2) is 0 Å². The SMILES string of the molecule is Cc1c(Cl)nn2c(C3CCS(=O)(=O)C3)nnc2c1C. The smallest absolute Gasteiger partial charge is 0.181 e. The van der Waals surface area contributed by atoms with Crippen LogP contribution in [0, 0.1) is 13.8 Å². The molecule has 0 aliphatic carbocycles. The molecule has 1 aliphatic rings. The van der Waals surface area contributed by atoms with Crippen molar-refractivity contribution >= 4 is 27.1 Å². The highest BCUT2D eigenvalue weighted by atomic mass is 35.5. The van der Waals surface area contributed by atoms with Crippen LogP contribution < -0.4 is 0 Å². The van der Waals surface area contributed by atoms with Crippen LogP contribution in [0.25, 0.3) is 5.65 Å². The molecule has 2 aromatic heterocycles. The minimum atomic E-state index is -2.96. The van der Waals surface area contributed by atoms with Gasteiger partial charge in [0.15, 0.2) is 26.5 Å². The number of halogens is 1. The molecule has 19 heavy (non-hydrogen) atoms. The molecule has 0 saturated carbocycles. The molecule has 3 heterocycles. The fraction of sp³-hybridized carbons (Fsp3) is 0.545. The van der Waals surface area contributed by atoms with E-state index in [1.165, 1.54) is 0 Å². The standard InChI is InChI=1S/C11H13ClN4O2S/c1-6-7(2)10-13-14-11(16(10)15-9(6)12)8-3-4-19(17,18)5-8/h8H,3-5H2,1-2H3. The Morgan fingerprint density at radius 2 is 2.00 bits per heavy atom. The Morgan fingerprint density at radius 3 is 2.63 bits per heavy atom. The van der Waals surface area contributed by atoms with Gasteiger partial charge in [0.05, 0.1) is 11.5 Å². The van der Waals surface area contributed by atoms with Gasteiger partial charge in [-0.05, 0) is 25.8 Å².